The lowest BCUT2D eigenvalue weighted by Crippen LogP contribution is -2.27. The number of hydrogen-bond donors (Lipinski definition) is 4. The Hall–Kier alpha value is -5.24. The fourth-order valence-corrected chi connectivity index (χ4v) is 5.33. The second-order valence-corrected chi connectivity index (χ2v) is 14.5. The number of nitrogens with one attached hydrogen (secondary N) is 4. The topological polar surface area (TPSA) is 116 Å². The summed E-state index contributed by atoms with van der Waals surface area (Å²) in [6, 6.07) is 25.9. The van der Waals surface area contributed by atoms with Crippen LogP contribution >= 0.6 is 0 Å². The van der Waals surface area contributed by atoms with Crippen molar-refractivity contribution in [3.05, 3.63) is 141 Å². The van der Waals surface area contributed by atoms with Gasteiger partial charge in [0.2, 0.25) is 0 Å². The molecule has 4 N–H and O–H groups in total. The van der Waals surface area contributed by atoms with Gasteiger partial charge in [-0.1, -0.05) is 90.1 Å². The maximum absolute atomic E-state index is 13.3. The largest absolute Gasteiger partial charge is 0.348 e. The summed E-state index contributed by atoms with van der Waals surface area (Å²) in [5.41, 5.74) is 6.44. The summed E-state index contributed by atoms with van der Waals surface area (Å²) >= 11 is 0. The number of carbonyl (C=O) groups excluding carboxylic acids is 4. The Labute approximate surface area is 282 Å². The number of rotatable bonds is 0. The first-order chi connectivity index (χ1) is 22.7. The fraction of sp³-hybridized carbons (Fsp3) is 0.300. The van der Waals surface area contributed by atoms with Crippen molar-refractivity contribution in [1.29, 1.82) is 0 Å². The normalized spacial score (nSPS) is 15.0. The predicted molar refractivity (Wildman–Crippen MR) is 188 cm³/mol. The van der Waals surface area contributed by atoms with Gasteiger partial charge in [-0.05, 0) is 80.6 Å². The van der Waals surface area contributed by atoms with E-state index >= 15 is 0 Å². The van der Waals surface area contributed by atoms with Crippen LogP contribution in [0.1, 0.15) is 116 Å². The van der Waals surface area contributed by atoms with Gasteiger partial charge in [0.15, 0.2) is 0 Å². The van der Waals surface area contributed by atoms with Gasteiger partial charge < -0.3 is 21.3 Å². The lowest BCUT2D eigenvalue weighted by atomic mass is 9.84. The third-order valence-corrected chi connectivity index (χ3v) is 8.51. The minimum absolute atomic E-state index is 0.271. The minimum atomic E-state index is -0.279. The zero-order chi connectivity index (χ0) is 34.6. The van der Waals surface area contributed by atoms with Crippen molar-refractivity contribution in [2.45, 2.75) is 78.6 Å². The van der Waals surface area contributed by atoms with Crippen LogP contribution in [0, 0.1) is 0 Å². The first-order valence-corrected chi connectivity index (χ1v) is 16.3. The zero-order valence-electron chi connectivity index (χ0n) is 28.5. The highest BCUT2D eigenvalue weighted by Crippen LogP contribution is 2.26. The second kappa shape index (κ2) is 13.9. The molecule has 8 bridgehead atoms. The highest BCUT2D eigenvalue weighted by molar-refractivity contribution is 6.01. The van der Waals surface area contributed by atoms with E-state index in [2.05, 4.69) is 21.3 Å². The van der Waals surface area contributed by atoms with Gasteiger partial charge in [-0.25, -0.2) is 0 Å². The monoisotopic (exact) mass is 644 g/mol. The molecule has 0 aromatic heterocycles. The first kappa shape index (κ1) is 34.1. The summed E-state index contributed by atoms with van der Waals surface area (Å²) in [7, 11) is 0. The van der Waals surface area contributed by atoms with Crippen molar-refractivity contribution in [3.63, 3.8) is 0 Å². The average Bonchev–Trinajstić information content (AvgIpc) is 3.06. The smallest absolute Gasteiger partial charge is 0.251 e. The van der Waals surface area contributed by atoms with Crippen LogP contribution in [0.4, 0.5) is 0 Å². The minimum Gasteiger partial charge on any atom is -0.348 e. The Balaban J connectivity index is 1.45. The van der Waals surface area contributed by atoms with Gasteiger partial charge in [-0.2, -0.15) is 0 Å². The molecular weight excluding hydrogens is 600 g/mol. The van der Waals surface area contributed by atoms with Gasteiger partial charge in [-0.3, -0.25) is 19.2 Å². The Morgan fingerprint density at radius 1 is 0.375 bits per heavy atom. The SMILES string of the molecule is CC(C)(C)c1cc2cc(c1)C(=O)NCc1ccc(cc1)CNC(=O)c1cc(cc(C(C)(C)C)c1)C(=O)NCc1ccc(cc1)CNC2=O. The van der Waals surface area contributed by atoms with Gasteiger partial charge in [0.25, 0.3) is 23.6 Å². The fourth-order valence-electron chi connectivity index (χ4n) is 5.33. The summed E-state index contributed by atoms with van der Waals surface area (Å²) in [6.07, 6.45) is 0. The van der Waals surface area contributed by atoms with Crippen LogP contribution in [-0.2, 0) is 37.0 Å². The third-order valence-electron chi connectivity index (χ3n) is 8.51. The van der Waals surface area contributed by atoms with Crippen molar-refractivity contribution in [1.82, 2.24) is 21.3 Å². The van der Waals surface area contributed by atoms with Crippen LogP contribution in [0.2, 0.25) is 0 Å². The van der Waals surface area contributed by atoms with E-state index in [4.69, 9.17) is 0 Å². The summed E-state index contributed by atoms with van der Waals surface area (Å²) in [5, 5.41) is 11.9. The molecule has 4 heterocycles. The summed E-state index contributed by atoms with van der Waals surface area (Å²) in [6.45, 7) is 13.5. The van der Waals surface area contributed by atoms with Crippen molar-refractivity contribution in [3.8, 4) is 0 Å². The molecule has 0 spiro atoms. The summed E-state index contributed by atoms with van der Waals surface area (Å²) in [5.74, 6) is -1.08. The molecule has 0 fully saturated rings. The van der Waals surface area contributed by atoms with Gasteiger partial charge in [0, 0.05) is 48.4 Å². The molecule has 4 aliphatic heterocycles. The third kappa shape index (κ3) is 8.56. The molecule has 0 saturated heterocycles. The molecular formula is C40H44N4O4. The molecule has 48 heavy (non-hydrogen) atoms. The van der Waals surface area contributed by atoms with Crippen LogP contribution in [-0.4, -0.2) is 23.6 Å². The highest BCUT2D eigenvalue weighted by atomic mass is 16.2. The number of amides is 4. The Bertz CT molecular complexity index is 1600. The van der Waals surface area contributed by atoms with E-state index in [-0.39, 0.29) is 34.5 Å². The molecule has 0 atom stereocenters. The van der Waals surface area contributed by atoms with Crippen LogP contribution < -0.4 is 21.3 Å². The Kier molecular flexibility index (Phi) is 9.85. The molecule has 4 aromatic carbocycles. The predicted octanol–water partition coefficient (Wildman–Crippen LogP) is 6.32. The molecule has 8 nitrogen and oxygen atoms in total. The van der Waals surface area contributed by atoms with Gasteiger partial charge in [-0.15, -0.1) is 0 Å². The standard InChI is InChI=1S/C40H44N4O4/c1-39(2,3)33-17-29-15-30(18-33)36(46)42-22-26-9-13-28(14-10-26)24-44-38(48)32-16-31(19-34(20-32)40(4,5)6)37(47)43-23-27-11-7-25(8-12-27)21-41-35(29)45/h7-20H,21-24H2,1-6H3,(H,41,45)(H,42,46)(H,43,47)(H,44,48). The molecule has 0 saturated carbocycles. The molecule has 0 unspecified atom stereocenters. The van der Waals surface area contributed by atoms with E-state index in [0.29, 0.717) is 48.4 Å². The molecule has 4 aliphatic rings. The average molecular weight is 645 g/mol. The number of carbonyl (C=O) groups is 4. The first-order valence-electron chi connectivity index (χ1n) is 16.3. The second-order valence-electron chi connectivity index (χ2n) is 14.5. The van der Waals surface area contributed by atoms with Crippen molar-refractivity contribution in [2.75, 3.05) is 0 Å². The summed E-state index contributed by atoms with van der Waals surface area (Å²) in [4.78, 5) is 53.2. The molecule has 0 aliphatic carbocycles. The Morgan fingerprint density at radius 2 is 0.583 bits per heavy atom. The molecule has 0 radical (unpaired) electrons. The van der Waals surface area contributed by atoms with Crippen LogP contribution in [0.5, 0.6) is 0 Å². The van der Waals surface area contributed by atoms with Crippen molar-refractivity contribution >= 4 is 23.6 Å². The maximum Gasteiger partial charge on any atom is 0.251 e. The lowest BCUT2D eigenvalue weighted by molar-refractivity contribution is 0.0934. The van der Waals surface area contributed by atoms with Gasteiger partial charge in [0.05, 0.1) is 0 Å². The zero-order valence-corrected chi connectivity index (χ0v) is 28.5. The lowest BCUT2D eigenvalue weighted by Gasteiger charge is -2.21. The van der Waals surface area contributed by atoms with E-state index in [0.717, 1.165) is 33.4 Å². The molecule has 4 amide bonds. The van der Waals surface area contributed by atoms with E-state index < -0.39 is 0 Å². The highest BCUT2D eigenvalue weighted by Gasteiger charge is 2.22. The summed E-state index contributed by atoms with van der Waals surface area (Å²) < 4.78 is 0. The molecule has 8 rings (SSSR count). The molecule has 8 heteroatoms. The van der Waals surface area contributed by atoms with Crippen LogP contribution in [0.3, 0.4) is 0 Å². The number of hydrogen-bond acceptors (Lipinski definition) is 4. The molecule has 4 aromatic rings. The number of benzene rings is 4. The van der Waals surface area contributed by atoms with E-state index in [1.165, 1.54) is 0 Å². The molecule has 248 valence electrons. The van der Waals surface area contributed by atoms with Gasteiger partial charge >= 0.3 is 0 Å². The maximum atomic E-state index is 13.3. The van der Waals surface area contributed by atoms with E-state index in [9.17, 15) is 19.2 Å². The Morgan fingerprint density at radius 3 is 0.771 bits per heavy atom. The van der Waals surface area contributed by atoms with E-state index in [1.807, 2.05) is 114 Å². The van der Waals surface area contributed by atoms with Crippen LogP contribution in [0.25, 0.3) is 0 Å². The van der Waals surface area contributed by atoms with Crippen LogP contribution in [0.15, 0.2) is 84.9 Å². The van der Waals surface area contributed by atoms with E-state index in [1.54, 1.807) is 12.1 Å². The van der Waals surface area contributed by atoms with Crippen molar-refractivity contribution < 1.29 is 19.2 Å². The quantitative estimate of drug-likeness (QED) is 0.179. The van der Waals surface area contributed by atoms with Gasteiger partial charge in [0.1, 0.15) is 0 Å². The van der Waals surface area contributed by atoms with Crippen molar-refractivity contribution in [2.24, 2.45) is 0 Å².